The lowest BCUT2D eigenvalue weighted by Gasteiger charge is -2.14. The van der Waals surface area contributed by atoms with Crippen LogP contribution < -0.4 is 0 Å². The van der Waals surface area contributed by atoms with Crippen molar-refractivity contribution in [2.24, 2.45) is 0 Å². The Balaban J connectivity index is 0.691. The van der Waals surface area contributed by atoms with Gasteiger partial charge in [0, 0.05) is 78.0 Å². The maximum atomic E-state index is 5.64. The lowest BCUT2D eigenvalue weighted by atomic mass is 9.98. The van der Waals surface area contributed by atoms with Crippen molar-refractivity contribution < 1.29 is 0 Å². The minimum absolute atomic E-state index is 0.575. The van der Waals surface area contributed by atoms with Crippen LogP contribution in [0.15, 0.2) is 334 Å². The predicted octanol–water partition coefficient (Wildman–Crippen LogP) is 22.2. The fourth-order valence-corrected chi connectivity index (χ4v) is 15.0. The van der Waals surface area contributed by atoms with E-state index in [1.54, 1.807) is 0 Å². The number of pyridine rings is 1. The molecule has 0 aliphatic rings. The Hall–Kier alpha value is -13.4. The summed E-state index contributed by atoms with van der Waals surface area (Å²) in [6.07, 6.45) is 4.35. The summed E-state index contributed by atoms with van der Waals surface area (Å²) in [4.78, 5) is 27.6. The standard InChI is InChI=1S/C89H55N9/c1-3-19-56(20-4-1)65-54-78(90-79(55-65)85-73-32-10-14-34-77(73)92-89(94-85)98-83-36-16-12-30-69(83)70-43-45-80-74(86(70)98)47-49-95(80)66-26-5-2-6-27-66)64-25-17-23-61(52-64)62-24-18-28-67(53-62)96-50-48-75-81(96)46-44-71-68-29-11-15-35-82(68)97(87(71)75)88-91-76-33-13-9-31-72(76)84(93-88)59-40-37-58(38-41-59)63-42-39-57-21-7-8-22-60(57)51-63/h1-55H. The van der Waals surface area contributed by atoms with Crippen molar-refractivity contribution in [3.05, 3.63) is 334 Å². The molecule has 0 N–H and O–H groups in total. The summed E-state index contributed by atoms with van der Waals surface area (Å²) in [6.45, 7) is 0. The maximum Gasteiger partial charge on any atom is 0.235 e. The predicted molar refractivity (Wildman–Crippen MR) is 403 cm³/mol. The fourth-order valence-electron chi connectivity index (χ4n) is 15.0. The van der Waals surface area contributed by atoms with Crippen LogP contribution in [0.1, 0.15) is 0 Å². The summed E-state index contributed by atoms with van der Waals surface area (Å²) in [5, 5.41) is 11.1. The van der Waals surface area contributed by atoms with E-state index in [1.165, 1.54) is 16.3 Å². The Bertz CT molecular complexity index is 6610. The minimum Gasteiger partial charge on any atom is -0.316 e. The van der Waals surface area contributed by atoms with Crippen LogP contribution in [0, 0.1) is 0 Å². The van der Waals surface area contributed by atoms with Crippen LogP contribution in [0.4, 0.5) is 0 Å². The molecular formula is C89H55N9. The van der Waals surface area contributed by atoms with Crippen LogP contribution in [0.25, 0.3) is 189 Å². The molecule has 7 heterocycles. The van der Waals surface area contributed by atoms with Crippen molar-refractivity contribution in [1.82, 2.24) is 43.2 Å². The largest absolute Gasteiger partial charge is 0.316 e. The van der Waals surface area contributed by atoms with Gasteiger partial charge in [0.15, 0.2) is 0 Å². The molecule has 0 bridgehead atoms. The van der Waals surface area contributed by atoms with Crippen molar-refractivity contribution >= 4 is 98.0 Å². The number of rotatable bonds is 10. The molecule has 456 valence electrons. The number of hydrogen-bond donors (Lipinski definition) is 0. The van der Waals surface area contributed by atoms with Crippen LogP contribution in [0.5, 0.6) is 0 Å². The first-order valence-electron chi connectivity index (χ1n) is 33.1. The second-order valence-corrected chi connectivity index (χ2v) is 25.2. The molecule has 0 aliphatic heterocycles. The molecule has 0 aliphatic carbocycles. The van der Waals surface area contributed by atoms with Crippen LogP contribution in [-0.2, 0) is 0 Å². The number of hydrogen-bond acceptors (Lipinski definition) is 5. The highest BCUT2D eigenvalue weighted by Crippen LogP contribution is 2.43. The zero-order valence-electron chi connectivity index (χ0n) is 52.8. The van der Waals surface area contributed by atoms with Crippen molar-refractivity contribution in [2.45, 2.75) is 0 Å². The SMILES string of the molecule is c1ccc(-c2cc(-c3cccc(-c4cccc(-n5ccc6c5ccc5c7ccccc7n(-c7nc(-c8ccc(-c9ccc%10ccccc%10c9)cc8)c8ccccc8n7)c56)c4)c3)nc(-c3nc(-n4c5ccccc5c5ccc6c(ccn6-c6ccccc6)c54)nc4ccccc34)c2)cc1. The van der Waals surface area contributed by atoms with Gasteiger partial charge in [-0.3, -0.25) is 9.13 Å². The highest BCUT2D eigenvalue weighted by molar-refractivity contribution is 6.20. The number of fused-ring (bicyclic) bond motifs is 13. The second-order valence-electron chi connectivity index (χ2n) is 25.2. The van der Waals surface area contributed by atoms with E-state index in [4.69, 9.17) is 24.9 Å². The smallest absolute Gasteiger partial charge is 0.235 e. The third-order valence-corrected chi connectivity index (χ3v) is 19.7. The summed E-state index contributed by atoms with van der Waals surface area (Å²) < 4.78 is 9.07. The van der Waals surface area contributed by atoms with Gasteiger partial charge in [0.25, 0.3) is 0 Å². The summed E-state index contributed by atoms with van der Waals surface area (Å²) >= 11 is 0. The van der Waals surface area contributed by atoms with Crippen LogP contribution >= 0.6 is 0 Å². The van der Waals surface area contributed by atoms with Gasteiger partial charge in [-0.2, -0.15) is 0 Å². The average molecular weight is 1250 g/mol. The van der Waals surface area contributed by atoms with Gasteiger partial charge in [-0.15, -0.1) is 0 Å². The Morgan fingerprint density at radius 3 is 1.36 bits per heavy atom. The molecule has 20 rings (SSSR count). The van der Waals surface area contributed by atoms with E-state index < -0.39 is 0 Å². The molecule has 0 fully saturated rings. The third-order valence-electron chi connectivity index (χ3n) is 19.7. The molecular weight excluding hydrogens is 1200 g/mol. The van der Waals surface area contributed by atoms with Gasteiger partial charge in [0.1, 0.15) is 5.69 Å². The first-order valence-corrected chi connectivity index (χ1v) is 33.1. The molecule has 20 aromatic rings. The second kappa shape index (κ2) is 22.1. The molecule has 0 atom stereocenters. The summed E-state index contributed by atoms with van der Waals surface area (Å²) in [5.41, 5.74) is 22.0. The van der Waals surface area contributed by atoms with Gasteiger partial charge in [-0.05, 0) is 141 Å². The Morgan fingerprint density at radius 2 is 0.684 bits per heavy atom. The van der Waals surface area contributed by atoms with Gasteiger partial charge in [0.05, 0.1) is 61.2 Å². The highest BCUT2D eigenvalue weighted by atomic mass is 15.2. The van der Waals surface area contributed by atoms with Crippen molar-refractivity contribution in [2.75, 3.05) is 0 Å². The molecule has 0 saturated heterocycles. The molecule has 9 nitrogen and oxygen atoms in total. The Labute approximate surface area is 562 Å². The van der Waals surface area contributed by atoms with E-state index >= 15 is 0 Å². The lowest BCUT2D eigenvalue weighted by Crippen LogP contribution is -2.04. The number of benzene rings is 13. The van der Waals surface area contributed by atoms with Crippen molar-refractivity contribution in [1.29, 1.82) is 0 Å². The van der Waals surface area contributed by atoms with Crippen molar-refractivity contribution in [3.63, 3.8) is 0 Å². The van der Waals surface area contributed by atoms with Gasteiger partial charge in [-0.1, -0.05) is 224 Å². The first kappa shape index (κ1) is 55.1. The fraction of sp³-hybridized carbons (Fsp3) is 0. The summed E-state index contributed by atoms with van der Waals surface area (Å²) in [5.74, 6) is 1.19. The van der Waals surface area contributed by atoms with Crippen LogP contribution in [-0.4, -0.2) is 43.2 Å². The number of aromatic nitrogens is 9. The number of para-hydroxylation sites is 5. The molecule has 0 amide bonds. The Morgan fingerprint density at radius 1 is 0.214 bits per heavy atom. The molecule has 0 unspecified atom stereocenters. The topological polar surface area (TPSA) is 84.2 Å². The monoisotopic (exact) mass is 1250 g/mol. The molecule has 0 spiro atoms. The quantitative estimate of drug-likeness (QED) is 0.136. The molecule has 7 aromatic heterocycles. The van der Waals surface area contributed by atoms with E-state index in [0.29, 0.717) is 11.9 Å². The van der Waals surface area contributed by atoms with Gasteiger partial charge < -0.3 is 9.13 Å². The summed E-state index contributed by atoms with van der Waals surface area (Å²) in [6, 6.07) is 114. The van der Waals surface area contributed by atoms with E-state index in [0.717, 1.165) is 160 Å². The molecule has 9 heteroatoms. The normalized spacial score (nSPS) is 11.9. The van der Waals surface area contributed by atoms with E-state index in [1.807, 2.05) is 0 Å². The zero-order valence-corrected chi connectivity index (χ0v) is 52.8. The molecule has 0 radical (unpaired) electrons. The van der Waals surface area contributed by atoms with E-state index in [-0.39, 0.29) is 0 Å². The number of nitrogens with zero attached hydrogens (tertiary/aromatic N) is 9. The maximum absolute atomic E-state index is 5.64. The average Bonchev–Trinajstić information content (AvgIpc) is 1.56. The summed E-state index contributed by atoms with van der Waals surface area (Å²) in [7, 11) is 0. The van der Waals surface area contributed by atoms with Gasteiger partial charge in [-0.25, -0.2) is 24.9 Å². The zero-order chi connectivity index (χ0) is 64.4. The van der Waals surface area contributed by atoms with Crippen molar-refractivity contribution in [3.8, 4) is 90.6 Å². The molecule has 13 aromatic carbocycles. The highest BCUT2D eigenvalue weighted by Gasteiger charge is 2.24. The van der Waals surface area contributed by atoms with E-state index in [9.17, 15) is 0 Å². The van der Waals surface area contributed by atoms with Gasteiger partial charge >= 0.3 is 0 Å². The minimum atomic E-state index is 0.575. The molecule has 0 saturated carbocycles. The lowest BCUT2D eigenvalue weighted by molar-refractivity contribution is 1.01. The Kier molecular flexibility index (Phi) is 12.4. The third kappa shape index (κ3) is 8.91. The first-order chi connectivity index (χ1) is 48.6. The van der Waals surface area contributed by atoms with Gasteiger partial charge in [0.2, 0.25) is 11.9 Å². The van der Waals surface area contributed by atoms with Crippen LogP contribution in [0.3, 0.4) is 0 Å². The van der Waals surface area contributed by atoms with Crippen LogP contribution in [0.2, 0.25) is 0 Å². The molecule has 98 heavy (non-hydrogen) atoms. The van der Waals surface area contributed by atoms with E-state index in [2.05, 4.69) is 352 Å².